The molecule has 12 unspecified atom stereocenters. The van der Waals surface area contributed by atoms with Gasteiger partial charge < -0.3 is 18.9 Å². The molecule has 10 heteroatoms. The van der Waals surface area contributed by atoms with Crippen LogP contribution >= 0.6 is 0 Å². The Kier molecular flexibility index (Phi) is 8.48. The molecule has 5 aliphatic rings. The molecule has 4 aromatic rings. The van der Waals surface area contributed by atoms with Crippen LogP contribution < -0.4 is 18.9 Å². The van der Waals surface area contributed by atoms with Gasteiger partial charge in [0.05, 0.1) is 23.7 Å². The number of carbonyl (C=O) groups excluding carboxylic acids is 6. The van der Waals surface area contributed by atoms with Crippen molar-refractivity contribution in [2.24, 2.45) is 71.0 Å². The van der Waals surface area contributed by atoms with E-state index in [0.717, 1.165) is 0 Å². The van der Waals surface area contributed by atoms with Crippen molar-refractivity contribution >= 4 is 35.4 Å². The Bertz CT molecular complexity index is 1820. The van der Waals surface area contributed by atoms with Crippen LogP contribution in [0.4, 0.5) is 0 Å². The number of fused-ring (bicyclic) bond motifs is 10. The van der Waals surface area contributed by atoms with Gasteiger partial charge in [0.1, 0.15) is 34.6 Å². The largest absolute Gasteiger partial charge is 0.426 e. The normalized spacial score (nSPS) is 32.7. The fourth-order valence-corrected chi connectivity index (χ4v) is 10.8. The molecule has 5 fully saturated rings. The second-order valence-electron chi connectivity index (χ2n) is 15.1. The minimum Gasteiger partial charge on any atom is -0.426 e. The van der Waals surface area contributed by atoms with Crippen LogP contribution in [0, 0.1) is 71.0 Å². The Morgan fingerprint density at radius 1 is 0.352 bits per heavy atom. The monoisotopic (exact) mass is 724 g/mol. The molecule has 5 aliphatic carbocycles. The van der Waals surface area contributed by atoms with Crippen molar-refractivity contribution in [1.29, 1.82) is 0 Å². The molecule has 0 spiro atoms. The topological polar surface area (TPSA) is 139 Å². The number of hydrogen-bond acceptors (Lipinski definition) is 10. The summed E-state index contributed by atoms with van der Waals surface area (Å²) in [7, 11) is 0. The number of hydrogen-bond donors (Lipinski definition) is 0. The van der Waals surface area contributed by atoms with Gasteiger partial charge in [-0.25, -0.2) is 0 Å². The SMILES string of the molecule is O=C(Oc1ccccc1)C1C2CC(C1C(=O)Oc1ccccc1)C1C(=O)C3C4CC(C(C(=O)Oc5ccccc5)C4C(=O)Oc4ccccc4)C3C(=O)C21. The quantitative estimate of drug-likeness (QED) is 0.162. The molecule has 0 radical (unpaired) electrons. The van der Waals surface area contributed by atoms with Crippen LogP contribution in [0.15, 0.2) is 121 Å². The number of esters is 4. The lowest BCUT2D eigenvalue weighted by Crippen LogP contribution is -2.59. The molecule has 0 aromatic heterocycles. The zero-order chi connectivity index (χ0) is 37.1. The predicted octanol–water partition coefficient (Wildman–Crippen LogP) is 5.79. The van der Waals surface area contributed by atoms with Gasteiger partial charge in [0.15, 0.2) is 0 Å². The van der Waals surface area contributed by atoms with E-state index in [4.69, 9.17) is 18.9 Å². The highest BCUT2D eigenvalue weighted by Crippen LogP contribution is 2.68. The highest BCUT2D eigenvalue weighted by atomic mass is 16.6. The third-order valence-electron chi connectivity index (χ3n) is 12.6. The number of para-hydroxylation sites is 4. The number of Topliss-reactive ketones (excluding diaryl/α,β-unsaturated/α-hetero) is 2. The number of carbonyl (C=O) groups is 6. The number of benzene rings is 4. The van der Waals surface area contributed by atoms with Gasteiger partial charge in [-0.05, 0) is 85.0 Å². The van der Waals surface area contributed by atoms with Crippen LogP contribution in [0.2, 0.25) is 0 Å². The average Bonchev–Trinajstić information content (AvgIpc) is 3.97. The van der Waals surface area contributed by atoms with Gasteiger partial charge in [0.2, 0.25) is 0 Å². The fourth-order valence-electron chi connectivity index (χ4n) is 10.8. The van der Waals surface area contributed by atoms with Crippen LogP contribution in [0.1, 0.15) is 12.8 Å². The van der Waals surface area contributed by atoms with Gasteiger partial charge in [-0.2, -0.15) is 0 Å². The van der Waals surface area contributed by atoms with Gasteiger partial charge in [-0.3, -0.25) is 28.8 Å². The molecule has 0 amide bonds. The first kappa shape index (κ1) is 33.9. The van der Waals surface area contributed by atoms with Crippen molar-refractivity contribution in [3.8, 4) is 23.0 Å². The second kappa shape index (κ2) is 13.5. The number of ether oxygens (including phenoxy) is 4. The van der Waals surface area contributed by atoms with Gasteiger partial charge in [0, 0.05) is 23.7 Å². The summed E-state index contributed by atoms with van der Waals surface area (Å²) in [6, 6.07) is 34.0. The summed E-state index contributed by atoms with van der Waals surface area (Å²) in [6.07, 6.45) is 0.563. The maximum absolute atomic E-state index is 14.9. The molecule has 4 aromatic carbocycles. The van der Waals surface area contributed by atoms with Crippen LogP contribution in [0.25, 0.3) is 0 Å². The first-order valence-corrected chi connectivity index (χ1v) is 18.4. The second-order valence-corrected chi connectivity index (χ2v) is 15.1. The number of rotatable bonds is 8. The van der Waals surface area contributed by atoms with Crippen molar-refractivity contribution < 1.29 is 47.7 Å². The highest BCUT2D eigenvalue weighted by molar-refractivity contribution is 6.04. The highest BCUT2D eigenvalue weighted by Gasteiger charge is 2.75. The van der Waals surface area contributed by atoms with E-state index in [2.05, 4.69) is 0 Å². The zero-order valence-corrected chi connectivity index (χ0v) is 29.0. The smallest absolute Gasteiger partial charge is 0.315 e. The third kappa shape index (κ3) is 5.54. The molecule has 54 heavy (non-hydrogen) atoms. The van der Waals surface area contributed by atoms with Crippen LogP contribution in [-0.2, 0) is 28.8 Å². The molecule has 4 bridgehead atoms. The van der Waals surface area contributed by atoms with E-state index in [1.165, 1.54) is 0 Å². The van der Waals surface area contributed by atoms with Crippen molar-refractivity contribution in [2.45, 2.75) is 12.8 Å². The maximum atomic E-state index is 14.9. The first-order chi connectivity index (χ1) is 26.3. The number of ketones is 2. The Morgan fingerprint density at radius 2 is 0.556 bits per heavy atom. The van der Waals surface area contributed by atoms with Gasteiger partial charge in [0.25, 0.3) is 0 Å². The van der Waals surface area contributed by atoms with E-state index in [-0.39, 0.29) is 24.4 Å². The molecule has 5 saturated carbocycles. The Hall–Kier alpha value is -5.90. The summed E-state index contributed by atoms with van der Waals surface area (Å²) < 4.78 is 23.2. The summed E-state index contributed by atoms with van der Waals surface area (Å²) in [5.41, 5.74) is 0. The molecule has 272 valence electrons. The van der Waals surface area contributed by atoms with E-state index >= 15 is 0 Å². The van der Waals surface area contributed by atoms with Crippen LogP contribution in [0.5, 0.6) is 23.0 Å². The van der Waals surface area contributed by atoms with Crippen molar-refractivity contribution in [3.05, 3.63) is 121 Å². The fraction of sp³-hybridized carbons (Fsp3) is 0.318. The Morgan fingerprint density at radius 3 is 0.759 bits per heavy atom. The first-order valence-electron chi connectivity index (χ1n) is 18.4. The van der Waals surface area contributed by atoms with Crippen LogP contribution in [0.3, 0.4) is 0 Å². The Labute approximate surface area is 310 Å². The minimum absolute atomic E-state index is 0.204. The molecule has 0 N–H and O–H groups in total. The molecule has 10 nitrogen and oxygen atoms in total. The standard InChI is InChI=1S/C44H36O10/c45-39-31-27-21-28(36(42(48)52-24-15-7-2-8-16-24)35(27)41(47)51-23-13-5-1-6-14-23)32(31)40(46)34-30-22-29(33(34)39)37(43(49)53-25-17-9-3-10-18-25)38(30)44(50)54-26-19-11-4-12-20-26/h1-20,27-38H,21-22H2. The van der Waals surface area contributed by atoms with Crippen LogP contribution in [-0.4, -0.2) is 35.4 Å². The summed E-state index contributed by atoms with van der Waals surface area (Å²) in [6.45, 7) is 0. The van der Waals surface area contributed by atoms with Crippen molar-refractivity contribution in [2.75, 3.05) is 0 Å². The maximum Gasteiger partial charge on any atom is 0.315 e. The lowest BCUT2D eigenvalue weighted by Gasteiger charge is -2.48. The van der Waals surface area contributed by atoms with E-state index in [0.29, 0.717) is 23.0 Å². The van der Waals surface area contributed by atoms with Gasteiger partial charge >= 0.3 is 23.9 Å². The summed E-state index contributed by atoms with van der Waals surface area (Å²) in [5.74, 6) is -12.0. The van der Waals surface area contributed by atoms with E-state index in [9.17, 15) is 28.8 Å². The molecule has 0 heterocycles. The van der Waals surface area contributed by atoms with E-state index < -0.39 is 94.9 Å². The molecule has 0 saturated heterocycles. The average molecular weight is 725 g/mol. The van der Waals surface area contributed by atoms with Gasteiger partial charge in [-0.1, -0.05) is 72.8 Å². The Balaban J connectivity index is 1.06. The third-order valence-corrected chi connectivity index (χ3v) is 12.6. The summed E-state index contributed by atoms with van der Waals surface area (Å²) in [4.78, 5) is 86.0. The molecular weight excluding hydrogens is 688 g/mol. The molecule has 9 rings (SSSR count). The summed E-state index contributed by atoms with van der Waals surface area (Å²) >= 11 is 0. The molecular formula is C44H36O10. The van der Waals surface area contributed by atoms with E-state index in [1.807, 2.05) is 0 Å². The molecule has 0 aliphatic heterocycles. The summed E-state index contributed by atoms with van der Waals surface area (Å²) in [5, 5.41) is 0. The zero-order valence-electron chi connectivity index (χ0n) is 29.0. The van der Waals surface area contributed by atoms with E-state index in [1.54, 1.807) is 121 Å². The lowest BCUT2D eigenvalue weighted by molar-refractivity contribution is -0.170. The van der Waals surface area contributed by atoms with Crippen molar-refractivity contribution in [1.82, 2.24) is 0 Å². The minimum atomic E-state index is -1.04. The van der Waals surface area contributed by atoms with Crippen molar-refractivity contribution in [3.63, 3.8) is 0 Å². The lowest BCUT2D eigenvalue weighted by atomic mass is 9.53. The predicted molar refractivity (Wildman–Crippen MR) is 189 cm³/mol. The van der Waals surface area contributed by atoms with Gasteiger partial charge in [-0.15, -0.1) is 0 Å². The molecule has 12 atom stereocenters.